The normalized spacial score (nSPS) is 21.5. The molecule has 0 amide bonds. The highest BCUT2D eigenvalue weighted by molar-refractivity contribution is 5.91. The lowest BCUT2D eigenvalue weighted by atomic mass is 9.79. The van der Waals surface area contributed by atoms with Crippen LogP contribution in [0.5, 0.6) is 0 Å². The third kappa shape index (κ3) is 3.35. The molecule has 2 rings (SSSR count). The summed E-state index contributed by atoms with van der Waals surface area (Å²) in [7, 11) is 2.12. The smallest absolute Gasteiger partial charge is 0.338 e. The van der Waals surface area contributed by atoms with Crippen molar-refractivity contribution in [1.82, 2.24) is 4.90 Å². The number of nitrogens with two attached hydrogens (primary N) is 2. The van der Waals surface area contributed by atoms with Crippen LogP contribution in [0.2, 0.25) is 0 Å². The van der Waals surface area contributed by atoms with Crippen molar-refractivity contribution < 1.29 is 9.53 Å². The summed E-state index contributed by atoms with van der Waals surface area (Å²) in [5.41, 5.74) is 12.8. The van der Waals surface area contributed by atoms with Crippen molar-refractivity contribution in [2.75, 3.05) is 18.5 Å². The van der Waals surface area contributed by atoms with Crippen LogP contribution < -0.4 is 11.5 Å². The van der Waals surface area contributed by atoms with Gasteiger partial charge < -0.3 is 16.2 Å². The standard InChI is InChI=1S/C17H27N3O2/c1-16(2)9-14(10-17(3,4)20(16)5)22-15(21)11-6-12(18)8-13(19)7-11/h6-8,14H,9-10,18-19H2,1-5H3. The maximum absolute atomic E-state index is 12.4. The number of esters is 1. The predicted octanol–water partition coefficient (Wildman–Crippen LogP) is 2.66. The molecule has 0 aromatic heterocycles. The summed E-state index contributed by atoms with van der Waals surface area (Å²) in [5, 5.41) is 0. The minimum absolute atomic E-state index is 0.0263. The number of hydrogen-bond acceptors (Lipinski definition) is 5. The monoisotopic (exact) mass is 305 g/mol. The lowest BCUT2D eigenvalue weighted by Gasteiger charge is -2.53. The highest BCUT2D eigenvalue weighted by Crippen LogP contribution is 2.38. The molecule has 0 spiro atoms. The lowest BCUT2D eigenvalue weighted by molar-refractivity contribution is -0.0732. The van der Waals surface area contributed by atoms with Gasteiger partial charge in [-0.1, -0.05) is 0 Å². The third-order valence-corrected chi connectivity index (χ3v) is 4.76. The number of hydrogen-bond donors (Lipinski definition) is 2. The minimum Gasteiger partial charge on any atom is -0.459 e. The SMILES string of the molecule is CN1C(C)(C)CC(OC(=O)c2cc(N)cc(N)c2)CC1(C)C. The molecule has 1 heterocycles. The highest BCUT2D eigenvalue weighted by atomic mass is 16.5. The number of anilines is 2. The summed E-state index contributed by atoms with van der Waals surface area (Å²) in [6, 6.07) is 4.83. The Kier molecular flexibility index (Phi) is 4.13. The zero-order valence-electron chi connectivity index (χ0n) is 14.1. The summed E-state index contributed by atoms with van der Waals surface area (Å²) in [6.45, 7) is 8.70. The van der Waals surface area contributed by atoms with Crippen LogP contribution in [0.15, 0.2) is 18.2 Å². The van der Waals surface area contributed by atoms with Gasteiger partial charge in [0.05, 0.1) is 5.56 Å². The number of nitrogen functional groups attached to an aromatic ring is 2. The van der Waals surface area contributed by atoms with E-state index in [4.69, 9.17) is 16.2 Å². The molecule has 1 aliphatic heterocycles. The van der Waals surface area contributed by atoms with Crippen molar-refractivity contribution in [3.05, 3.63) is 23.8 Å². The van der Waals surface area contributed by atoms with Crippen LogP contribution in [0.3, 0.4) is 0 Å². The molecule has 4 N–H and O–H groups in total. The largest absolute Gasteiger partial charge is 0.459 e. The van der Waals surface area contributed by atoms with E-state index in [2.05, 4.69) is 39.6 Å². The zero-order valence-corrected chi connectivity index (χ0v) is 14.1. The molecule has 1 aromatic rings. The maximum atomic E-state index is 12.4. The highest BCUT2D eigenvalue weighted by Gasteiger charge is 2.44. The molecule has 122 valence electrons. The van der Waals surface area contributed by atoms with Gasteiger partial charge in [0.15, 0.2) is 0 Å². The Hall–Kier alpha value is -1.75. The van der Waals surface area contributed by atoms with Crippen molar-refractivity contribution >= 4 is 17.3 Å². The summed E-state index contributed by atoms with van der Waals surface area (Å²) in [6.07, 6.45) is 1.49. The Morgan fingerprint density at radius 1 is 1.09 bits per heavy atom. The molecule has 0 atom stereocenters. The molecule has 5 heteroatoms. The van der Waals surface area contributed by atoms with E-state index < -0.39 is 0 Å². The van der Waals surface area contributed by atoms with Crippen LogP contribution in [0.25, 0.3) is 0 Å². The van der Waals surface area contributed by atoms with E-state index in [0.29, 0.717) is 16.9 Å². The van der Waals surface area contributed by atoms with Gasteiger partial charge in [-0.25, -0.2) is 4.79 Å². The van der Waals surface area contributed by atoms with E-state index in [0.717, 1.165) is 12.8 Å². The van der Waals surface area contributed by atoms with E-state index in [9.17, 15) is 4.79 Å². The van der Waals surface area contributed by atoms with Crippen molar-refractivity contribution in [2.45, 2.75) is 57.7 Å². The third-order valence-electron chi connectivity index (χ3n) is 4.76. The Balaban J connectivity index is 2.15. The molecule has 22 heavy (non-hydrogen) atoms. The van der Waals surface area contributed by atoms with Gasteiger partial charge in [0.1, 0.15) is 6.10 Å². The summed E-state index contributed by atoms with van der Waals surface area (Å²) >= 11 is 0. The number of ether oxygens (including phenoxy) is 1. The summed E-state index contributed by atoms with van der Waals surface area (Å²) < 4.78 is 5.73. The molecular formula is C17H27N3O2. The van der Waals surface area contributed by atoms with E-state index in [-0.39, 0.29) is 23.2 Å². The zero-order chi connectivity index (χ0) is 16.7. The van der Waals surface area contributed by atoms with Crippen LogP contribution in [0.4, 0.5) is 11.4 Å². The van der Waals surface area contributed by atoms with Crippen LogP contribution in [0, 0.1) is 0 Å². The molecule has 5 nitrogen and oxygen atoms in total. The van der Waals surface area contributed by atoms with Crippen LogP contribution in [-0.4, -0.2) is 35.1 Å². The number of rotatable bonds is 2. The van der Waals surface area contributed by atoms with E-state index in [1.807, 2.05) is 0 Å². The topological polar surface area (TPSA) is 81.6 Å². The molecular weight excluding hydrogens is 278 g/mol. The minimum atomic E-state index is -0.361. The molecule has 1 saturated heterocycles. The Labute approximate surface area is 132 Å². The number of nitrogens with zero attached hydrogens (tertiary/aromatic N) is 1. The van der Waals surface area contributed by atoms with Gasteiger partial charge in [0.25, 0.3) is 0 Å². The fourth-order valence-corrected chi connectivity index (χ4v) is 3.38. The average Bonchev–Trinajstić information content (AvgIpc) is 2.34. The molecule has 0 radical (unpaired) electrons. The summed E-state index contributed by atoms with van der Waals surface area (Å²) in [4.78, 5) is 14.7. The summed E-state index contributed by atoms with van der Waals surface area (Å²) in [5.74, 6) is -0.361. The Morgan fingerprint density at radius 3 is 2.00 bits per heavy atom. The van der Waals surface area contributed by atoms with E-state index >= 15 is 0 Å². The number of likely N-dealkylation sites (tertiary alicyclic amines) is 1. The second-order valence-electron chi connectivity index (χ2n) is 7.51. The Bertz CT molecular complexity index is 543. The fraction of sp³-hybridized carbons (Fsp3) is 0.588. The van der Waals surface area contributed by atoms with Crippen molar-refractivity contribution in [3.63, 3.8) is 0 Å². The van der Waals surface area contributed by atoms with Crippen molar-refractivity contribution in [3.8, 4) is 0 Å². The van der Waals surface area contributed by atoms with Gasteiger partial charge in [-0.3, -0.25) is 4.90 Å². The number of carbonyl (C=O) groups excluding carboxylic acids is 1. The molecule has 0 aliphatic carbocycles. The fourth-order valence-electron chi connectivity index (χ4n) is 3.38. The van der Waals surface area contributed by atoms with Crippen LogP contribution >= 0.6 is 0 Å². The number of carbonyl (C=O) groups is 1. The first-order valence-corrected chi connectivity index (χ1v) is 7.62. The quantitative estimate of drug-likeness (QED) is 0.648. The second kappa shape index (κ2) is 5.47. The Morgan fingerprint density at radius 2 is 1.55 bits per heavy atom. The average molecular weight is 305 g/mol. The van der Waals surface area contributed by atoms with Crippen LogP contribution in [-0.2, 0) is 4.74 Å². The first kappa shape index (κ1) is 16.6. The van der Waals surface area contributed by atoms with Gasteiger partial charge in [-0.05, 0) is 52.9 Å². The van der Waals surface area contributed by atoms with Crippen LogP contribution in [0.1, 0.15) is 50.9 Å². The van der Waals surface area contributed by atoms with Crippen molar-refractivity contribution in [1.29, 1.82) is 0 Å². The van der Waals surface area contributed by atoms with E-state index in [1.54, 1.807) is 18.2 Å². The first-order valence-electron chi connectivity index (χ1n) is 7.62. The van der Waals surface area contributed by atoms with Gasteiger partial charge in [0, 0.05) is 35.3 Å². The van der Waals surface area contributed by atoms with Crippen molar-refractivity contribution in [2.24, 2.45) is 0 Å². The maximum Gasteiger partial charge on any atom is 0.338 e. The van der Waals surface area contributed by atoms with Gasteiger partial charge in [-0.15, -0.1) is 0 Å². The lowest BCUT2D eigenvalue weighted by Crippen LogP contribution is -2.60. The molecule has 0 saturated carbocycles. The van der Waals surface area contributed by atoms with Gasteiger partial charge in [-0.2, -0.15) is 0 Å². The molecule has 0 unspecified atom stereocenters. The number of piperidine rings is 1. The molecule has 1 aromatic carbocycles. The molecule has 1 aliphatic rings. The van der Waals surface area contributed by atoms with Gasteiger partial charge in [0.2, 0.25) is 0 Å². The predicted molar refractivity (Wildman–Crippen MR) is 89.6 cm³/mol. The molecule has 1 fully saturated rings. The molecule has 0 bridgehead atoms. The van der Waals surface area contributed by atoms with E-state index in [1.165, 1.54) is 0 Å². The second-order valence-corrected chi connectivity index (χ2v) is 7.51. The number of benzene rings is 1. The van der Waals surface area contributed by atoms with Gasteiger partial charge >= 0.3 is 5.97 Å². The first-order chi connectivity index (χ1) is 10.0.